The highest BCUT2D eigenvalue weighted by Crippen LogP contribution is 2.12. The number of allylic oxidation sites excluding steroid dienone is 1. The van der Waals surface area contributed by atoms with Gasteiger partial charge in [-0.15, -0.1) is 0 Å². The Kier molecular flexibility index (Phi) is 3.37. The van der Waals surface area contributed by atoms with Crippen LogP contribution in [0.15, 0.2) is 24.3 Å². The van der Waals surface area contributed by atoms with E-state index in [0.717, 1.165) is 13.1 Å². The first-order chi connectivity index (χ1) is 5.33. The number of hydrogen-bond acceptors (Lipinski definition) is 1. The molecule has 0 radical (unpaired) electrons. The Labute approximate surface area is 69.4 Å². The molecule has 11 heavy (non-hydrogen) atoms. The molecule has 0 aromatic carbocycles. The zero-order valence-electron chi connectivity index (χ0n) is 7.34. The van der Waals surface area contributed by atoms with Crippen molar-refractivity contribution in [2.45, 2.75) is 19.8 Å². The fourth-order valence-electron chi connectivity index (χ4n) is 1.44. The van der Waals surface area contributed by atoms with Crippen LogP contribution >= 0.6 is 0 Å². The lowest BCUT2D eigenvalue weighted by molar-refractivity contribution is 0.293. The molecule has 1 aliphatic rings. The van der Waals surface area contributed by atoms with Crippen LogP contribution in [0.2, 0.25) is 0 Å². The molecular formula is C10H17N. The van der Waals surface area contributed by atoms with Gasteiger partial charge in [0.2, 0.25) is 0 Å². The van der Waals surface area contributed by atoms with Gasteiger partial charge in [0.25, 0.3) is 0 Å². The van der Waals surface area contributed by atoms with E-state index >= 15 is 0 Å². The maximum absolute atomic E-state index is 4.01. The maximum Gasteiger partial charge on any atom is 0.0193 e. The minimum atomic E-state index is 1.09. The van der Waals surface area contributed by atoms with Crippen molar-refractivity contribution >= 4 is 0 Å². The number of likely N-dealkylation sites (tertiary alicyclic amines) is 1. The minimum absolute atomic E-state index is 1.09. The monoisotopic (exact) mass is 151 g/mol. The summed E-state index contributed by atoms with van der Waals surface area (Å²) in [7, 11) is 0. The predicted molar refractivity (Wildman–Crippen MR) is 49.6 cm³/mol. The fourth-order valence-corrected chi connectivity index (χ4v) is 1.44. The molecule has 1 nitrogen and oxygen atoms in total. The summed E-state index contributed by atoms with van der Waals surface area (Å²) in [5.41, 5.74) is 1.39. The van der Waals surface area contributed by atoms with Crippen LogP contribution in [0.1, 0.15) is 19.8 Å². The Hall–Kier alpha value is -0.560. The molecule has 0 spiro atoms. The molecule has 1 fully saturated rings. The molecule has 1 heteroatoms. The molecule has 0 aliphatic carbocycles. The van der Waals surface area contributed by atoms with Crippen LogP contribution in [0, 0.1) is 0 Å². The Morgan fingerprint density at radius 3 is 3.09 bits per heavy atom. The zero-order chi connectivity index (χ0) is 8.10. The molecule has 0 atom stereocenters. The molecule has 62 valence electrons. The van der Waals surface area contributed by atoms with Crippen LogP contribution in [-0.2, 0) is 0 Å². The van der Waals surface area contributed by atoms with Gasteiger partial charge >= 0.3 is 0 Å². The number of piperidine rings is 1. The Morgan fingerprint density at radius 1 is 1.64 bits per heavy atom. The molecule has 0 saturated carbocycles. The number of hydrogen-bond donors (Lipinski definition) is 0. The van der Waals surface area contributed by atoms with Gasteiger partial charge in [-0.25, -0.2) is 0 Å². The van der Waals surface area contributed by atoms with E-state index in [1.807, 2.05) is 0 Å². The lowest BCUT2D eigenvalue weighted by Crippen LogP contribution is -2.30. The highest BCUT2D eigenvalue weighted by molar-refractivity contribution is 5.01. The quantitative estimate of drug-likeness (QED) is 0.547. The first-order valence-electron chi connectivity index (χ1n) is 4.33. The standard InChI is InChI=1S/C10H17N/c1-3-4-7-11-8-5-6-10(2)9-11/h3-4H,2,5-9H2,1H3/b4-3+. The van der Waals surface area contributed by atoms with Crippen molar-refractivity contribution in [1.82, 2.24) is 4.90 Å². The molecule has 0 aromatic rings. The van der Waals surface area contributed by atoms with Crippen molar-refractivity contribution in [3.8, 4) is 0 Å². The van der Waals surface area contributed by atoms with Crippen molar-refractivity contribution in [2.75, 3.05) is 19.6 Å². The minimum Gasteiger partial charge on any atom is -0.296 e. The first kappa shape index (κ1) is 8.54. The van der Waals surface area contributed by atoms with Crippen molar-refractivity contribution in [3.05, 3.63) is 24.3 Å². The molecule has 0 unspecified atom stereocenters. The van der Waals surface area contributed by atoms with Crippen molar-refractivity contribution < 1.29 is 0 Å². The van der Waals surface area contributed by atoms with Crippen LogP contribution in [0.5, 0.6) is 0 Å². The van der Waals surface area contributed by atoms with E-state index in [4.69, 9.17) is 0 Å². The Morgan fingerprint density at radius 2 is 2.45 bits per heavy atom. The van der Waals surface area contributed by atoms with E-state index < -0.39 is 0 Å². The molecule has 1 aliphatic heterocycles. The molecule has 1 heterocycles. The summed E-state index contributed by atoms with van der Waals surface area (Å²) in [5.74, 6) is 0. The molecular weight excluding hydrogens is 134 g/mol. The largest absolute Gasteiger partial charge is 0.296 e. The number of rotatable bonds is 2. The summed E-state index contributed by atoms with van der Waals surface area (Å²) in [6, 6.07) is 0. The Bertz CT molecular complexity index is 158. The summed E-state index contributed by atoms with van der Waals surface area (Å²) in [4.78, 5) is 2.44. The average Bonchev–Trinajstić information content (AvgIpc) is 2.01. The molecule has 0 bridgehead atoms. The van der Waals surface area contributed by atoms with Gasteiger partial charge in [0.15, 0.2) is 0 Å². The lowest BCUT2D eigenvalue weighted by Gasteiger charge is -2.26. The van der Waals surface area contributed by atoms with Gasteiger partial charge in [-0.3, -0.25) is 4.90 Å². The van der Waals surface area contributed by atoms with Gasteiger partial charge in [0.1, 0.15) is 0 Å². The van der Waals surface area contributed by atoms with Crippen molar-refractivity contribution in [3.63, 3.8) is 0 Å². The SMILES string of the molecule is C=C1CCCN(C/C=C/C)C1. The van der Waals surface area contributed by atoms with Gasteiger partial charge in [-0.2, -0.15) is 0 Å². The molecule has 0 aromatic heterocycles. The highest BCUT2D eigenvalue weighted by atomic mass is 15.1. The maximum atomic E-state index is 4.01. The van der Waals surface area contributed by atoms with E-state index in [1.54, 1.807) is 0 Å². The topological polar surface area (TPSA) is 3.24 Å². The van der Waals surface area contributed by atoms with Crippen LogP contribution in [0.4, 0.5) is 0 Å². The van der Waals surface area contributed by atoms with Gasteiger partial charge in [-0.1, -0.05) is 24.3 Å². The molecule has 1 saturated heterocycles. The van der Waals surface area contributed by atoms with Crippen LogP contribution in [0.3, 0.4) is 0 Å². The van der Waals surface area contributed by atoms with E-state index in [0.29, 0.717) is 0 Å². The first-order valence-corrected chi connectivity index (χ1v) is 4.33. The van der Waals surface area contributed by atoms with E-state index in [1.165, 1.54) is 25.0 Å². The zero-order valence-corrected chi connectivity index (χ0v) is 7.34. The second kappa shape index (κ2) is 4.35. The van der Waals surface area contributed by atoms with Crippen molar-refractivity contribution in [1.29, 1.82) is 0 Å². The van der Waals surface area contributed by atoms with Gasteiger partial charge < -0.3 is 0 Å². The smallest absolute Gasteiger partial charge is 0.0193 e. The summed E-state index contributed by atoms with van der Waals surface area (Å²) < 4.78 is 0. The summed E-state index contributed by atoms with van der Waals surface area (Å²) in [6.07, 6.45) is 6.83. The van der Waals surface area contributed by atoms with Gasteiger partial charge in [0, 0.05) is 13.1 Å². The summed E-state index contributed by atoms with van der Waals surface area (Å²) >= 11 is 0. The van der Waals surface area contributed by atoms with E-state index in [-0.39, 0.29) is 0 Å². The predicted octanol–water partition coefficient (Wildman–Crippen LogP) is 2.21. The molecule has 0 amide bonds. The lowest BCUT2D eigenvalue weighted by atomic mass is 10.1. The normalized spacial score (nSPS) is 21.4. The third-order valence-corrected chi connectivity index (χ3v) is 2.05. The second-order valence-electron chi connectivity index (χ2n) is 3.16. The summed E-state index contributed by atoms with van der Waals surface area (Å²) in [6.45, 7) is 9.51. The van der Waals surface area contributed by atoms with E-state index in [9.17, 15) is 0 Å². The van der Waals surface area contributed by atoms with E-state index in [2.05, 4.69) is 30.6 Å². The third-order valence-electron chi connectivity index (χ3n) is 2.05. The van der Waals surface area contributed by atoms with Crippen LogP contribution in [0.25, 0.3) is 0 Å². The van der Waals surface area contributed by atoms with Crippen LogP contribution < -0.4 is 0 Å². The highest BCUT2D eigenvalue weighted by Gasteiger charge is 2.10. The Balaban J connectivity index is 2.28. The van der Waals surface area contributed by atoms with Gasteiger partial charge in [0.05, 0.1) is 0 Å². The van der Waals surface area contributed by atoms with Gasteiger partial charge in [-0.05, 0) is 26.3 Å². The summed E-state index contributed by atoms with van der Waals surface area (Å²) in [5, 5.41) is 0. The third kappa shape index (κ3) is 2.89. The second-order valence-corrected chi connectivity index (χ2v) is 3.16. The molecule has 1 rings (SSSR count). The number of nitrogens with zero attached hydrogens (tertiary/aromatic N) is 1. The molecule has 0 N–H and O–H groups in total. The van der Waals surface area contributed by atoms with Crippen molar-refractivity contribution in [2.24, 2.45) is 0 Å². The average molecular weight is 151 g/mol. The van der Waals surface area contributed by atoms with Crippen LogP contribution in [-0.4, -0.2) is 24.5 Å². The fraction of sp³-hybridized carbons (Fsp3) is 0.600.